The highest BCUT2D eigenvalue weighted by Crippen LogP contribution is 2.16. The highest BCUT2D eigenvalue weighted by Gasteiger charge is 2.17. The first kappa shape index (κ1) is 18.0. The van der Waals surface area contributed by atoms with E-state index in [1.54, 1.807) is 25.1 Å². The van der Waals surface area contributed by atoms with Gasteiger partial charge in [-0.15, -0.1) is 0 Å². The van der Waals surface area contributed by atoms with Gasteiger partial charge in [0.2, 0.25) is 10.0 Å². The summed E-state index contributed by atoms with van der Waals surface area (Å²) in [4.78, 5) is 2.59. The zero-order chi connectivity index (χ0) is 16.2. The van der Waals surface area contributed by atoms with Crippen molar-refractivity contribution in [3.63, 3.8) is 0 Å². The van der Waals surface area contributed by atoms with Crippen LogP contribution in [0.3, 0.4) is 0 Å². The second kappa shape index (κ2) is 7.31. The normalized spacial score (nSPS) is 12.1. The van der Waals surface area contributed by atoms with E-state index in [9.17, 15) is 8.42 Å². The van der Waals surface area contributed by atoms with Crippen molar-refractivity contribution in [1.29, 1.82) is 0 Å². The average Bonchev–Trinajstić information content (AvgIpc) is 2.37. The Bertz CT molecular complexity index is 613. The minimum atomic E-state index is -3.52. The topological polar surface area (TPSA) is 75.4 Å². The Morgan fingerprint density at radius 2 is 2.05 bits per heavy atom. The zero-order valence-corrected chi connectivity index (χ0v) is 14.5. The fourth-order valence-corrected chi connectivity index (χ4v) is 3.17. The number of hydrogen-bond acceptors (Lipinski definition) is 4. The van der Waals surface area contributed by atoms with Crippen LogP contribution in [0.15, 0.2) is 23.1 Å². The molecule has 0 saturated carbocycles. The first-order valence-electron chi connectivity index (χ1n) is 6.75. The second-order valence-electron chi connectivity index (χ2n) is 5.32. The molecule has 0 spiro atoms. The number of benzene rings is 1. The first-order chi connectivity index (χ1) is 9.65. The molecule has 0 bridgehead atoms. The maximum atomic E-state index is 12.3. The SMILES string of the molecule is Cc1cc(C(N)=S)ccc1S(=O)(=O)NCCN(C)C(C)C. The van der Waals surface area contributed by atoms with E-state index in [2.05, 4.69) is 23.5 Å². The van der Waals surface area contributed by atoms with Crippen LogP contribution in [0, 0.1) is 6.92 Å². The van der Waals surface area contributed by atoms with E-state index in [4.69, 9.17) is 18.0 Å². The number of aryl methyl sites for hydroxylation is 1. The molecule has 0 aliphatic carbocycles. The van der Waals surface area contributed by atoms with Crippen LogP contribution >= 0.6 is 12.2 Å². The van der Waals surface area contributed by atoms with Crippen molar-refractivity contribution in [3.05, 3.63) is 29.3 Å². The molecular weight excluding hydrogens is 306 g/mol. The van der Waals surface area contributed by atoms with Gasteiger partial charge < -0.3 is 10.6 Å². The van der Waals surface area contributed by atoms with Gasteiger partial charge in [-0.3, -0.25) is 0 Å². The Kier molecular flexibility index (Phi) is 6.27. The number of thiocarbonyl (C=S) groups is 1. The van der Waals surface area contributed by atoms with Crippen LogP contribution in [0.4, 0.5) is 0 Å². The van der Waals surface area contributed by atoms with Crippen LogP contribution in [0.25, 0.3) is 0 Å². The quantitative estimate of drug-likeness (QED) is 0.736. The summed E-state index contributed by atoms with van der Waals surface area (Å²) in [6.45, 7) is 6.88. The molecule has 1 aromatic carbocycles. The molecule has 0 aliphatic rings. The summed E-state index contributed by atoms with van der Waals surface area (Å²) < 4.78 is 27.2. The van der Waals surface area contributed by atoms with Crippen LogP contribution in [-0.4, -0.2) is 44.5 Å². The lowest BCUT2D eigenvalue weighted by Crippen LogP contribution is -2.36. The van der Waals surface area contributed by atoms with Crippen LogP contribution in [0.2, 0.25) is 0 Å². The standard InChI is InChI=1S/C14H23N3O2S2/c1-10(2)17(4)8-7-16-21(18,19)13-6-5-12(14(15)20)9-11(13)3/h5-6,9-10,16H,7-8H2,1-4H3,(H2,15,20). The molecular formula is C14H23N3O2S2. The van der Waals surface area contributed by atoms with E-state index < -0.39 is 10.0 Å². The lowest BCUT2D eigenvalue weighted by molar-refractivity contribution is 0.278. The van der Waals surface area contributed by atoms with Crippen molar-refractivity contribution >= 4 is 27.2 Å². The van der Waals surface area contributed by atoms with Gasteiger partial charge in [0.1, 0.15) is 4.99 Å². The van der Waals surface area contributed by atoms with Crippen molar-refractivity contribution in [2.45, 2.75) is 31.7 Å². The molecule has 0 atom stereocenters. The number of nitrogens with one attached hydrogen (secondary N) is 1. The van der Waals surface area contributed by atoms with Gasteiger partial charge in [-0.05, 0) is 45.5 Å². The molecule has 1 rings (SSSR count). The number of likely N-dealkylation sites (N-methyl/N-ethyl adjacent to an activating group) is 1. The molecule has 3 N–H and O–H groups in total. The number of nitrogens with zero attached hydrogens (tertiary/aromatic N) is 1. The summed E-state index contributed by atoms with van der Waals surface area (Å²) in [5.41, 5.74) is 6.84. The number of hydrogen-bond donors (Lipinski definition) is 2. The summed E-state index contributed by atoms with van der Waals surface area (Å²) in [7, 11) is -1.56. The van der Waals surface area contributed by atoms with Gasteiger partial charge in [-0.2, -0.15) is 0 Å². The molecule has 0 fully saturated rings. The lowest BCUT2D eigenvalue weighted by Gasteiger charge is -2.21. The Morgan fingerprint density at radius 1 is 1.43 bits per heavy atom. The van der Waals surface area contributed by atoms with Crippen molar-refractivity contribution in [2.24, 2.45) is 5.73 Å². The minimum absolute atomic E-state index is 0.258. The van der Waals surface area contributed by atoms with Crippen LogP contribution < -0.4 is 10.5 Å². The van der Waals surface area contributed by atoms with E-state index >= 15 is 0 Å². The van der Waals surface area contributed by atoms with Gasteiger partial charge >= 0.3 is 0 Å². The molecule has 0 saturated heterocycles. The van der Waals surface area contributed by atoms with Crippen molar-refractivity contribution in [3.8, 4) is 0 Å². The molecule has 0 aliphatic heterocycles. The van der Waals surface area contributed by atoms with Crippen LogP contribution in [-0.2, 0) is 10.0 Å². The molecule has 0 unspecified atom stereocenters. The van der Waals surface area contributed by atoms with Gasteiger partial charge in [-0.1, -0.05) is 18.3 Å². The molecule has 118 valence electrons. The third-order valence-electron chi connectivity index (χ3n) is 3.39. The van der Waals surface area contributed by atoms with E-state index in [1.807, 2.05) is 7.05 Å². The fraction of sp³-hybridized carbons (Fsp3) is 0.500. The summed E-state index contributed by atoms with van der Waals surface area (Å²) in [5, 5.41) is 0. The maximum Gasteiger partial charge on any atom is 0.240 e. The zero-order valence-electron chi connectivity index (χ0n) is 12.9. The van der Waals surface area contributed by atoms with E-state index in [0.717, 1.165) is 0 Å². The monoisotopic (exact) mass is 329 g/mol. The number of sulfonamides is 1. The maximum absolute atomic E-state index is 12.3. The smallest absolute Gasteiger partial charge is 0.240 e. The second-order valence-corrected chi connectivity index (χ2v) is 7.49. The Hall–Kier alpha value is -1.02. The van der Waals surface area contributed by atoms with Crippen molar-refractivity contribution in [2.75, 3.05) is 20.1 Å². The molecule has 0 amide bonds. The van der Waals surface area contributed by atoms with Crippen LogP contribution in [0.1, 0.15) is 25.0 Å². The molecule has 5 nitrogen and oxygen atoms in total. The van der Waals surface area contributed by atoms with E-state index in [1.165, 1.54) is 0 Å². The van der Waals surface area contributed by atoms with Gasteiger partial charge in [-0.25, -0.2) is 13.1 Å². The van der Waals surface area contributed by atoms with Gasteiger partial charge in [0.15, 0.2) is 0 Å². The minimum Gasteiger partial charge on any atom is -0.389 e. The largest absolute Gasteiger partial charge is 0.389 e. The Balaban J connectivity index is 2.82. The summed E-state index contributed by atoms with van der Waals surface area (Å²) in [6.07, 6.45) is 0. The lowest BCUT2D eigenvalue weighted by atomic mass is 10.1. The highest BCUT2D eigenvalue weighted by molar-refractivity contribution is 7.89. The Morgan fingerprint density at radius 3 is 2.52 bits per heavy atom. The summed E-state index contributed by atoms with van der Waals surface area (Å²) in [6, 6.07) is 5.24. The third-order valence-corrected chi connectivity index (χ3v) is 5.24. The van der Waals surface area contributed by atoms with Crippen LogP contribution in [0.5, 0.6) is 0 Å². The van der Waals surface area contributed by atoms with E-state index in [-0.39, 0.29) is 9.88 Å². The fourth-order valence-electron chi connectivity index (χ4n) is 1.80. The molecule has 1 aromatic rings. The predicted octanol–water partition coefficient (Wildman–Crippen LogP) is 1.25. The number of rotatable bonds is 7. The highest BCUT2D eigenvalue weighted by atomic mass is 32.2. The summed E-state index contributed by atoms with van der Waals surface area (Å²) in [5.74, 6) is 0. The van der Waals surface area contributed by atoms with Gasteiger partial charge in [0.25, 0.3) is 0 Å². The molecule has 0 aromatic heterocycles. The molecule has 21 heavy (non-hydrogen) atoms. The Labute approximate surface area is 132 Å². The molecule has 0 heterocycles. The molecule has 0 radical (unpaired) electrons. The van der Waals surface area contributed by atoms with E-state index in [0.29, 0.717) is 30.3 Å². The van der Waals surface area contributed by atoms with Crippen molar-refractivity contribution in [1.82, 2.24) is 9.62 Å². The van der Waals surface area contributed by atoms with Gasteiger partial charge in [0.05, 0.1) is 4.90 Å². The van der Waals surface area contributed by atoms with Gasteiger partial charge in [0, 0.05) is 24.7 Å². The average molecular weight is 329 g/mol. The van der Waals surface area contributed by atoms with Crippen molar-refractivity contribution < 1.29 is 8.42 Å². The third kappa shape index (κ3) is 5.03. The summed E-state index contributed by atoms with van der Waals surface area (Å²) >= 11 is 4.89. The molecule has 7 heteroatoms. The first-order valence-corrected chi connectivity index (χ1v) is 8.64. The number of nitrogens with two attached hydrogens (primary N) is 1. The predicted molar refractivity (Wildman–Crippen MR) is 90.0 cm³/mol.